The second kappa shape index (κ2) is 7.07. The van der Waals surface area contributed by atoms with E-state index in [0.717, 1.165) is 6.26 Å². The Bertz CT molecular complexity index is 609. The molecule has 0 aromatic carbocycles. The highest BCUT2D eigenvalue weighted by Gasteiger charge is 2.21. The summed E-state index contributed by atoms with van der Waals surface area (Å²) in [6.07, 6.45) is 0.795. The molecule has 1 aromatic rings. The monoisotopic (exact) mass is 319 g/mol. The molecule has 1 heterocycles. The topological polar surface area (TPSA) is 139 Å². The van der Waals surface area contributed by atoms with Crippen LogP contribution in [0.3, 0.4) is 0 Å². The Hall–Kier alpha value is -2.10. The van der Waals surface area contributed by atoms with E-state index in [1.807, 2.05) is 0 Å². The molecule has 0 radical (unpaired) electrons. The van der Waals surface area contributed by atoms with E-state index in [1.54, 1.807) is 13.0 Å². The van der Waals surface area contributed by atoms with E-state index in [0.29, 0.717) is 11.5 Å². The predicted molar refractivity (Wildman–Crippen MR) is 72.4 cm³/mol. The molecule has 0 bridgehead atoms. The first-order valence-corrected chi connectivity index (χ1v) is 8.10. The quantitative estimate of drug-likeness (QED) is 0.625. The SMILES string of the molecule is Cc1cc(CNC(=O)NC(CCS(C)(=O)=O)C(=O)O)no1. The number of amides is 2. The lowest BCUT2D eigenvalue weighted by atomic mass is 10.2. The van der Waals surface area contributed by atoms with E-state index in [-0.39, 0.29) is 18.7 Å². The van der Waals surface area contributed by atoms with Crippen molar-refractivity contribution in [2.75, 3.05) is 12.0 Å². The first-order valence-electron chi connectivity index (χ1n) is 6.04. The van der Waals surface area contributed by atoms with Crippen LogP contribution in [-0.2, 0) is 21.2 Å². The van der Waals surface area contributed by atoms with Gasteiger partial charge in [0, 0.05) is 12.3 Å². The summed E-state index contributed by atoms with van der Waals surface area (Å²) >= 11 is 0. The summed E-state index contributed by atoms with van der Waals surface area (Å²) in [6, 6.07) is -0.381. The number of carbonyl (C=O) groups is 2. The van der Waals surface area contributed by atoms with Gasteiger partial charge in [-0.1, -0.05) is 5.16 Å². The maximum atomic E-state index is 11.6. The van der Waals surface area contributed by atoms with Gasteiger partial charge < -0.3 is 20.3 Å². The molecule has 0 saturated carbocycles. The molecule has 2 amide bonds. The van der Waals surface area contributed by atoms with Crippen molar-refractivity contribution >= 4 is 21.8 Å². The number of rotatable bonds is 7. The summed E-state index contributed by atoms with van der Waals surface area (Å²) in [6.45, 7) is 1.77. The summed E-state index contributed by atoms with van der Waals surface area (Å²) in [5.74, 6) is -1.04. The minimum Gasteiger partial charge on any atom is -0.480 e. The van der Waals surface area contributed by atoms with Crippen LogP contribution in [0.5, 0.6) is 0 Å². The Morgan fingerprint density at radius 1 is 1.48 bits per heavy atom. The van der Waals surface area contributed by atoms with E-state index < -0.39 is 27.9 Å². The summed E-state index contributed by atoms with van der Waals surface area (Å²) in [5.41, 5.74) is 0.491. The highest BCUT2D eigenvalue weighted by molar-refractivity contribution is 7.90. The zero-order valence-electron chi connectivity index (χ0n) is 11.6. The molecule has 1 aromatic heterocycles. The number of urea groups is 1. The molecule has 118 valence electrons. The van der Waals surface area contributed by atoms with E-state index in [4.69, 9.17) is 9.63 Å². The van der Waals surface area contributed by atoms with Crippen LogP contribution in [0.15, 0.2) is 10.6 Å². The van der Waals surface area contributed by atoms with E-state index in [2.05, 4.69) is 15.8 Å². The maximum Gasteiger partial charge on any atom is 0.326 e. The van der Waals surface area contributed by atoms with Gasteiger partial charge >= 0.3 is 12.0 Å². The fraction of sp³-hybridized carbons (Fsp3) is 0.545. The lowest BCUT2D eigenvalue weighted by molar-refractivity contribution is -0.139. The normalized spacial score (nSPS) is 12.7. The van der Waals surface area contributed by atoms with Crippen molar-refractivity contribution in [3.8, 4) is 0 Å². The molecule has 3 N–H and O–H groups in total. The van der Waals surface area contributed by atoms with Crippen molar-refractivity contribution in [3.05, 3.63) is 17.5 Å². The van der Waals surface area contributed by atoms with Crippen LogP contribution in [0.1, 0.15) is 17.9 Å². The van der Waals surface area contributed by atoms with Gasteiger partial charge in [-0.25, -0.2) is 18.0 Å². The number of aryl methyl sites for hydroxylation is 1. The number of sulfone groups is 1. The third-order valence-electron chi connectivity index (χ3n) is 2.49. The van der Waals surface area contributed by atoms with Gasteiger partial charge in [0.05, 0.1) is 12.3 Å². The Labute approximate surface area is 121 Å². The number of carboxylic acids is 1. The highest BCUT2D eigenvalue weighted by Crippen LogP contribution is 2.01. The number of carbonyl (C=O) groups excluding carboxylic acids is 1. The minimum absolute atomic E-state index is 0.0710. The van der Waals surface area contributed by atoms with Gasteiger partial charge in [0.15, 0.2) is 0 Å². The maximum absolute atomic E-state index is 11.6. The molecule has 0 saturated heterocycles. The average Bonchev–Trinajstić information content (AvgIpc) is 2.76. The Morgan fingerprint density at radius 3 is 2.62 bits per heavy atom. The zero-order valence-corrected chi connectivity index (χ0v) is 12.4. The second-order valence-corrected chi connectivity index (χ2v) is 6.83. The molecule has 9 nitrogen and oxygen atoms in total. The number of nitrogens with one attached hydrogen (secondary N) is 2. The first kappa shape index (κ1) is 17.0. The molecule has 0 aliphatic rings. The molecule has 0 aliphatic heterocycles. The van der Waals surface area contributed by atoms with Crippen molar-refractivity contribution in [3.63, 3.8) is 0 Å². The number of hydrogen-bond acceptors (Lipinski definition) is 6. The smallest absolute Gasteiger partial charge is 0.326 e. The third-order valence-corrected chi connectivity index (χ3v) is 3.46. The van der Waals surface area contributed by atoms with Crippen LogP contribution in [0.4, 0.5) is 4.79 Å². The Morgan fingerprint density at radius 2 is 2.14 bits per heavy atom. The summed E-state index contributed by atoms with van der Waals surface area (Å²) in [4.78, 5) is 22.5. The van der Waals surface area contributed by atoms with E-state index in [9.17, 15) is 18.0 Å². The van der Waals surface area contributed by atoms with Crippen LogP contribution >= 0.6 is 0 Å². The van der Waals surface area contributed by atoms with Crippen LogP contribution in [0.2, 0.25) is 0 Å². The molecule has 1 atom stereocenters. The minimum atomic E-state index is -3.30. The number of hydrogen-bond donors (Lipinski definition) is 3. The number of carboxylic acid groups (broad SMARTS) is 1. The summed E-state index contributed by atoms with van der Waals surface area (Å²) in [7, 11) is -3.30. The van der Waals surface area contributed by atoms with Crippen molar-refractivity contribution in [1.29, 1.82) is 0 Å². The van der Waals surface area contributed by atoms with Gasteiger partial charge in [-0.3, -0.25) is 0 Å². The number of nitrogens with zero attached hydrogens (tertiary/aromatic N) is 1. The molecule has 21 heavy (non-hydrogen) atoms. The molecule has 10 heteroatoms. The van der Waals surface area contributed by atoms with Gasteiger partial charge in [-0.2, -0.15) is 0 Å². The largest absolute Gasteiger partial charge is 0.480 e. The molecule has 1 rings (SSSR count). The number of aromatic nitrogens is 1. The highest BCUT2D eigenvalue weighted by atomic mass is 32.2. The van der Waals surface area contributed by atoms with Crippen molar-refractivity contribution in [2.45, 2.75) is 25.9 Å². The molecule has 0 aliphatic carbocycles. The van der Waals surface area contributed by atoms with Crippen LogP contribution in [0.25, 0.3) is 0 Å². The zero-order chi connectivity index (χ0) is 16.0. The van der Waals surface area contributed by atoms with Gasteiger partial charge in [-0.15, -0.1) is 0 Å². The van der Waals surface area contributed by atoms with Crippen LogP contribution < -0.4 is 10.6 Å². The molecular formula is C11H17N3O6S. The Kier molecular flexibility index (Phi) is 5.70. The van der Waals surface area contributed by atoms with Crippen LogP contribution in [-0.4, -0.2) is 48.7 Å². The predicted octanol–water partition coefficient (Wildman–Crippen LogP) is -0.330. The molecular weight excluding hydrogens is 302 g/mol. The van der Waals surface area contributed by atoms with Crippen molar-refractivity contribution in [2.24, 2.45) is 0 Å². The lowest BCUT2D eigenvalue weighted by Crippen LogP contribution is -2.46. The summed E-state index contributed by atoms with van der Waals surface area (Å²) < 4.78 is 26.8. The van der Waals surface area contributed by atoms with Crippen molar-refractivity contribution < 1.29 is 27.6 Å². The first-order chi connectivity index (χ1) is 9.67. The number of aliphatic carboxylic acids is 1. The van der Waals surface area contributed by atoms with Gasteiger partial charge in [0.1, 0.15) is 27.3 Å². The third kappa shape index (κ3) is 6.75. The van der Waals surface area contributed by atoms with Gasteiger partial charge in [0.25, 0.3) is 0 Å². The molecule has 0 spiro atoms. The second-order valence-electron chi connectivity index (χ2n) is 4.57. The Balaban J connectivity index is 2.47. The standard InChI is InChI=1S/C11H17N3O6S/c1-7-5-8(14-20-7)6-12-11(17)13-9(10(15)16)3-4-21(2,18)19/h5,9H,3-4,6H2,1-2H3,(H,15,16)(H2,12,13,17). The fourth-order valence-corrected chi connectivity index (χ4v) is 2.13. The molecule has 0 fully saturated rings. The fourth-order valence-electron chi connectivity index (χ4n) is 1.47. The lowest BCUT2D eigenvalue weighted by Gasteiger charge is -2.14. The van der Waals surface area contributed by atoms with Gasteiger partial charge in [0.2, 0.25) is 0 Å². The van der Waals surface area contributed by atoms with E-state index in [1.165, 1.54) is 0 Å². The van der Waals surface area contributed by atoms with Crippen molar-refractivity contribution in [1.82, 2.24) is 15.8 Å². The summed E-state index contributed by atoms with van der Waals surface area (Å²) in [5, 5.41) is 17.2. The van der Waals surface area contributed by atoms with Crippen LogP contribution in [0, 0.1) is 6.92 Å². The van der Waals surface area contributed by atoms with E-state index >= 15 is 0 Å². The average molecular weight is 319 g/mol. The van der Waals surface area contributed by atoms with Gasteiger partial charge in [-0.05, 0) is 13.3 Å². The molecule has 1 unspecified atom stereocenters.